The van der Waals surface area contributed by atoms with E-state index in [1.54, 1.807) is 17.5 Å². The van der Waals surface area contributed by atoms with E-state index >= 15 is 0 Å². The number of fused-ring (bicyclic) bond motifs is 1. The summed E-state index contributed by atoms with van der Waals surface area (Å²) in [5.74, 6) is -0.841. The molecule has 2 rings (SSSR count). The van der Waals surface area contributed by atoms with Gasteiger partial charge in [0.2, 0.25) is 0 Å². The quantitative estimate of drug-likeness (QED) is 0.792. The molecule has 0 radical (unpaired) electrons. The van der Waals surface area contributed by atoms with Gasteiger partial charge in [-0.2, -0.15) is 0 Å². The van der Waals surface area contributed by atoms with Crippen LogP contribution in [0.25, 0.3) is 10.1 Å². The highest BCUT2D eigenvalue weighted by molar-refractivity contribution is 7.17. The van der Waals surface area contributed by atoms with Gasteiger partial charge in [0.15, 0.2) is 0 Å². The number of nitrogens with zero attached hydrogens (tertiary/aromatic N) is 1. The maximum Gasteiger partial charge on any atom is 0.309 e. The lowest BCUT2D eigenvalue weighted by Gasteiger charge is -1.97. The van der Waals surface area contributed by atoms with Gasteiger partial charge in [0.25, 0.3) is 0 Å². The van der Waals surface area contributed by atoms with Crippen LogP contribution < -0.4 is 0 Å². The average Bonchev–Trinajstić information content (AvgIpc) is 2.51. The Morgan fingerprint density at radius 2 is 2.38 bits per heavy atom. The molecule has 0 amide bonds. The van der Waals surface area contributed by atoms with Crippen LogP contribution >= 0.6 is 11.3 Å². The van der Waals surface area contributed by atoms with Crippen molar-refractivity contribution in [2.75, 3.05) is 0 Å². The Hall–Kier alpha value is -1.42. The fourth-order valence-corrected chi connectivity index (χ4v) is 2.04. The first-order valence-electron chi connectivity index (χ1n) is 3.80. The molecular weight excluding hydrogens is 186 g/mol. The molecule has 2 aromatic rings. The molecule has 0 unspecified atom stereocenters. The van der Waals surface area contributed by atoms with E-state index in [0.717, 1.165) is 10.1 Å². The molecule has 13 heavy (non-hydrogen) atoms. The highest BCUT2D eigenvalue weighted by Crippen LogP contribution is 2.22. The molecule has 3 nitrogen and oxygen atoms in total. The van der Waals surface area contributed by atoms with Crippen LogP contribution in [0.3, 0.4) is 0 Å². The highest BCUT2D eigenvalue weighted by Gasteiger charge is 2.06. The Balaban J connectivity index is 2.54. The zero-order valence-corrected chi connectivity index (χ0v) is 7.54. The lowest BCUT2D eigenvalue weighted by molar-refractivity contribution is -0.136. The fraction of sp³-hybridized carbons (Fsp3) is 0.111. The van der Waals surface area contributed by atoms with Crippen molar-refractivity contribution in [3.63, 3.8) is 0 Å². The number of aliphatic carboxylic acids is 1. The normalized spacial score (nSPS) is 10.5. The van der Waals surface area contributed by atoms with Crippen LogP contribution in [0.4, 0.5) is 0 Å². The van der Waals surface area contributed by atoms with Gasteiger partial charge >= 0.3 is 5.97 Å². The summed E-state index contributed by atoms with van der Waals surface area (Å²) in [6.07, 6.45) is 1.64. The van der Waals surface area contributed by atoms with Gasteiger partial charge in [0.1, 0.15) is 0 Å². The Morgan fingerprint density at radius 3 is 3.15 bits per heavy atom. The molecule has 2 heterocycles. The minimum Gasteiger partial charge on any atom is -0.481 e. The molecular formula is C9H7NO2S. The molecule has 0 aromatic carbocycles. The molecule has 0 saturated heterocycles. The van der Waals surface area contributed by atoms with Gasteiger partial charge in [-0.3, -0.25) is 9.78 Å². The van der Waals surface area contributed by atoms with Gasteiger partial charge in [0, 0.05) is 16.3 Å². The number of carbonyl (C=O) groups is 1. The van der Waals surface area contributed by atoms with Crippen LogP contribution in [0, 0.1) is 0 Å². The van der Waals surface area contributed by atoms with E-state index in [9.17, 15) is 4.79 Å². The predicted octanol–water partition coefficient (Wildman–Crippen LogP) is 1.92. The van der Waals surface area contributed by atoms with Crippen molar-refractivity contribution in [2.24, 2.45) is 0 Å². The number of hydrogen-bond acceptors (Lipinski definition) is 3. The lowest BCUT2D eigenvalue weighted by atomic mass is 10.2. The summed E-state index contributed by atoms with van der Waals surface area (Å²) in [4.78, 5) is 14.5. The summed E-state index contributed by atoms with van der Waals surface area (Å²) in [6, 6.07) is 3.80. The predicted molar refractivity (Wildman–Crippen MR) is 51.0 cm³/mol. The van der Waals surface area contributed by atoms with E-state index in [0.29, 0.717) is 5.69 Å². The second-order valence-corrected chi connectivity index (χ2v) is 3.61. The van der Waals surface area contributed by atoms with Crippen LogP contribution in [0.5, 0.6) is 0 Å². The third-order valence-electron chi connectivity index (χ3n) is 1.78. The van der Waals surface area contributed by atoms with E-state index in [-0.39, 0.29) is 6.42 Å². The Labute approximate surface area is 78.7 Å². The molecule has 0 fully saturated rings. The van der Waals surface area contributed by atoms with Crippen LogP contribution in [-0.4, -0.2) is 16.1 Å². The van der Waals surface area contributed by atoms with E-state index in [4.69, 9.17) is 5.11 Å². The molecule has 0 atom stereocenters. The molecule has 1 N–H and O–H groups in total. The van der Waals surface area contributed by atoms with Crippen molar-refractivity contribution in [3.05, 3.63) is 29.4 Å². The maximum atomic E-state index is 10.5. The van der Waals surface area contributed by atoms with E-state index in [1.165, 1.54) is 0 Å². The molecule has 0 spiro atoms. The van der Waals surface area contributed by atoms with E-state index < -0.39 is 5.97 Å². The second kappa shape index (κ2) is 3.14. The van der Waals surface area contributed by atoms with E-state index in [1.807, 2.05) is 17.5 Å². The van der Waals surface area contributed by atoms with Crippen LogP contribution in [0.15, 0.2) is 23.7 Å². The summed E-state index contributed by atoms with van der Waals surface area (Å²) in [7, 11) is 0. The number of hydrogen-bond donors (Lipinski definition) is 1. The van der Waals surface area contributed by atoms with E-state index in [2.05, 4.69) is 4.98 Å². The monoisotopic (exact) mass is 193 g/mol. The number of aromatic nitrogens is 1. The second-order valence-electron chi connectivity index (χ2n) is 2.66. The van der Waals surface area contributed by atoms with Gasteiger partial charge in [-0.1, -0.05) is 0 Å². The first-order chi connectivity index (χ1) is 6.27. The molecule has 2 aromatic heterocycles. The van der Waals surface area contributed by atoms with Crippen LogP contribution in [0.1, 0.15) is 5.69 Å². The summed E-state index contributed by atoms with van der Waals surface area (Å²) in [6.45, 7) is 0. The standard InChI is InChI=1S/C9H7NO2S/c11-9(12)5-7-6-2-4-13-8(6)1-3-10-7/h1-4H,5H2,(H,11,12). The summed E-state index contributed by atoms with van der Waals surface area (Å²) >= 11 is 1.60. The van der Waals surface area contributed by atoms with Gasteiger partial charge in [0.05, 0.1) is 12.1 Å². The Kier molecular flexibility index (Phi) is 1.98. The number of rotatable bonds is 2. The number of carboxylic acid groups (broad SMARTS) is 1. The molecule has 66 valence electrons. The first kappa shape index (κ1) is 8.19. The number of carboxylic acids is 1. The van der Waals surface area contributed by atoms with Crippen LogP contribution in [-0.2, 0) is 11.2 Å². The summed E-state index contributed by atoms with van der Waals surface area (Å²) in [5.41, 5.74) is 0.645. The third kappa shape index (κ3) is 1.53. The molecule has 0 saturated carbocycles. The largest absolute Gasteiger partial charge is 0.481 e. The maximum absolute atomic E-state index is 10.5. The Bertz CT molecular complexity index is 450. The van der Waals surface area contributed by atoms with Crippen molar-refractivity contribution in [2.45, 2.75) is 6.42 Å². The molecule has 0 bridgehead atoms. The van der Waals surface area contributed by atoms with Gasteiger partial charge in [-0.25, -0.2) is 0 Å². The smallest absolute Gasteiger partial charge is 0.309 e. The van der Waals surface area contributed by atoms with Crippen molar-refractivity contribution >= 4 is 27.4 Å². The highest BCUT2D eigenvalue weighted by atomic mass is 32.1. The first-order valence-corrected chi connectivity index (χ1v) is 4.68. The minimum absolute atomic E-state index is 0.00588. The zero-order chi connectivity index (χ0) is 9.26. The number of pyridine rings is 1. The third-order valence-corrected chi connectivity index (χ3v) is 2.66. The average molecular weight is 193 g/mol. The minimum atomic E-state index is -0.841. The fourth-order valence-electron chi connectivity index (χ4n) is 1.24. The zero-order valence-electron chi connectivity index (χ0n) is 6.73. The van der Waals surface area contributed by atoms with Gasteiger partial charge < -0.3 is 5.11 Å². The lowest BCUT2D eigenvalue weighted by Crippen LogP contribution is -2.01. The SMILES string of the molecule is O=C(O)Cc1nccc2sccc12. The van der Waals surface area contributed by atoms with Crippen molar-refractivity contribution in [1.29, 1.82) is 0 Å². The molecule has 0 aliphatic heterocycles. The van der Waals surface area contributed by atoms with Gasteiger partial charge in [-0.05, 0) is 17.5 Å². The molecule has 0 aliphatic carbocycles. The summed E-state index contributed by atoms with van der Waals surface area (Å²) < 4.78 is 1.09. The van der Waals surface area contributed by atoms with Crippen molar-refractivity contribution in [3.8, 4) is 0 Å². The van der Waals surface area contributed by atoms with Crippen LogP contribution in [0.2, 0.25) is 0 Å². The molecule has 0 aliphatic rings. The Morgan fingerprint density at radius 1 is 1.54 bits per heavy atom. The summed E-state index contributed by atoms with van der Waals surface area (Å²) in [5, 5.41) is 11.5. The molecule has 4 heteroatoms. The van der Waals surface area contributed by atoms with Crippen molar-refractivity contribution < 1.29 is 9.90 Å². The number of thiophene rings is 1. The van der Waals surface area contributed by atoms with Gasteiger partial charge in [-0.15, -0.1) is 11.3 Å². The topological polar surface area (TPSA) is 50.2 Å². The van der Waals surface area contributed by atoms with Crippen molar-refractivity contribution in [1.82, 2.24) is 4.98 Å².